The number of rotatable bonds is 7. The maximum Gasteiger partial charge on any atom is 0.325 e. The first-order chi connectivity index (χ1) is 15.0. The van der Waals surface area contributed by atoms with Gasteiger partial charge in [-0.05, 0) is 37.0 Å². The van der Waals surface area contributed by atoms with Crippen molar-refractivity contribution in [3.05, 3.63) is 29.8 Å². The molecule has 0 atom stereocenters. The highest BCUT2D eigenvalue weighted by atomic mass is 16.5. The SMILES string of the molecule is COc1ccc(CN2CCN(C(=O)CCCN3C(=O)NC4(CCCC4)C3=O)CC2)cc1. The van der Waals surface area contributed by atoms with Crippen LogP contribution in [-0.4, -0.2) is 77.9 Å². The second-order valence-electron chi connectivity index (χ2n) is 8.78. The van der Waals surface area contributed by atoms with E-state index in [2.05, 4.69) is 22.3 Å². The standard InChI is InChI=1S/C23H32N4O4/c1-31-19-8-6-18(7-9-19)17-25-13-15-26(16-14-25)20(28)5-4-12-27-21(29)23(24-22(27)30)10-2-3-11-23/h6-9H,2-5,10-17H2,1H3,(H,24,30). The van der Waals surface area contributed by atoms with Crippen molar-refractivity contribution in [2.24, 2.45) is 0 Å². The van der Waals surface area contributed by atoms with Gasteiger partial charge in [-0.3, -0.25) is 19.4 Å². The number of nitrogens with one attached hydrogen (secondary N) is 1. The van der Waals surface area contributed by atoms with E-state index in [0.717, 1.165) is 51.1 Å². The van der Waals surface area contributed by atoms with Gasteiger partial charge < -0.3 is 15.0 Å². The number of piperazine rings is 1. The third-order valence-electron chi connectivity index (χ3n) is 6.77. The Morgan fingerprint density at radius 2 is 1.74 bits per heavy atom. The lowest BCUT2D eigenvalue weighted by atomic mass is 9.98. The number of imide groups is 1. The Bertz CT molecular complexity index is 811. The highest BCUT2D eigenvalue weighted by Gasteiger charge is 2.52. The first-order valence-electron chi connectivity index (χ1n) is 11.3. The average Bonchev–Trinajstić information content (AvgIpc) is 3.35. The maximum atomic E-state index is 12.7. The van der Waals surface area contributed by atoms with Gasteiger partial charge in [-0.25, -0.2) is 4.79 Å². The molecule has 0 unspecified atom stereocenters. The van der Waals surface area contributed by atoms with Gasteiger partial charge in [0.2, 0.25) is 5.91 Å². The van der Waals surface area contributed by atoms with E-state index in [1.807, 2.05) is 17.0 Å². The Labute approximate surface area is 183 Å². The molecule has 3 aliphatic rings. The minimum absolute atomic E-state index is 0.102. The van der Waals surface area contributed by atoms with Gasteiger partial charge >= 0.3 is 6.03 Å². The summed E-state index contributed by atoms with van der Waals surface area (Å²) in [6.45, 7) is 4.28. The van der Waals surface area contributed by atoms with E-state index >= 15 is 0 Å². The Morgan fingerprint density at radius 3 is 2.39 bits per heavy atom. The van der Waals surface area contributed by atoms with E-state index in [0.29, 0.717) is 32.5 Å². The largest absolute Gasteiger partial charge is 0.497 e. The minimum atomic E-state index is -0.665. The number of carbonyl (C=O) groups excluding carboxylic acids is 3. The molecule has 3 fully saturated rings. The summed E-state index contributed by atoms with van der Waals surface area (Å²) in [7, 11) is 1.66. The van der Waals surface area contributed by atoms with Crippen LogP contribution in [0.5, 0.6) is 5.75 Å². The van der Waals surface area contributed by atoms with Crippen molar-refractivity contribution in [3.8, 4) is 5.75 Å². The number of ether oxygens (including phenoxy) is 1. The molecule has 0 aromatic heterocycles. The van der Waals surface area contributed by atoms with E-state index in [-0.39, 0.29) is 17.8 Å². The second kappa shape index (κ2) is 9.26. The van der Waals surface area contributed by atoms with Crippen molar-refractivity contribution in [2.45, 2.75) is 50.6 Å². The van der Waals surface area contributed by atoms with Crippen molar-refractivity contribution < 1.29 is 19.1 Å². The molecule has 4 rings (SSSR count). The fourth-order valence-corrected chi connectivity index (χ4v) is 4.89. The number of nitrogens with zero attached hydrogens (tertiary/aromatic N) is 3. The smallest absolute Gasteiger partial charge is 0.325 e. The van der Waals surface area contributed by atoms with Crippen LogP contribution in [0.2, 0.25) is 0 Å². The molecule has 1 spiro atoms. The van der Waals surface area contributed by atoms with E-state index in [4.69, 9.17) is 4.74 Å². The molecule has 8 nitrogen and oxygen atoms in total. The lowest BCUT2D eigenvalue weighted by Crippen LogP contribution is -2.48. The molecule has 1 aromatic carbocycles. The molecule has 2 heterocycles. The molecule has 8 heteroatoms. The van der Waals surface area contributed by atoms with Gasteiger partial charge in [-0.1, -0.05) is 25.0 Å². The fraction of sp³-hybridized carbons (Fsp3) is 0.609. The minimum Gasteiger partial charge on any atom is -0.497 e. The zero-order valence-corrected chi connectivity index (χ0v) is 18.3. The molecule has 1 N–H and O–H groups in total. The molecule has 2 aliphatic heterocycles. The van der Waals surface area contributed by atoms with Gasteiger partial charge in [0.25, 0.3) is 5.91 Å². The molecule has 0 bridgehead atoms. The van der Waals surface area contributed by atoms with Crippen LogP contribution in [0.4, 0.5) is 4.79 Å². The van der Waals surface area contributed by atoms with Crippen LogP contribution in [0.15, 0.2) is 24.3 Å². The summed E-state index contributed by atoms with van der Waals surface area (Å²) >= 11 is 0. The highest BCUT2D eigenvalue weighted by molar-refractivity contribution is 6.07. The van der Waals surface area contributed by atoms with Crippen LogP contribution in [-0.2, 0) is 16.1 Å². The maximum absolute atomic E-state index is 12.7. The third-order valence-corrected chi connectivity index (χ3v) is 6.77. The van der Waals surface area contributed by atoms with Gasteiger partial charge in [0, 0.05) is 45.7 Å². The van der Waals surface area contributed by atoms with E-state index in [1.165, 1.54) is 10.5 Å². The quantitative estimate of drug-likeness (QED) is 0.672. The first kappa shape index (κ1) is 21.6. The van der Waals surface area contributed by atoms with Gasteiger partial charge in [0.15, 0.2) is 0 Å². The first-order valence-corrected chi connectivity index (χ1v) is 11.3. The lowest BCUT2D eigenvalue weighted by molar-refractivity contribution is -0.134. The zero-order valence-electron chi connectivity index (χ0n) is 18.3. The molecule has 0 radical (unpaired) electrons. The van der Waals surface area contributed by atoms with Crippen LogP contribution in [0.1, 0.15) is 44.1 Å². The monoisotopic (exact) mass is 428 g/mol. The number of methoxy groups -OCH3 is 1. The summed E-state index contributed by atoms with van der Waals surface area (Å²) in [5.41, 5.74) is 0.565. The highest BCUT2D eigenvalue weighted by Crippen LogP contribution is 2.35. The summed E-state index contributed by atoms with van der Waals surface area (Å²) in [5, 5.41) is 2.89. The summed E-state index contributed by atoms with van der Waals surface area (Å²) in [5.74, 6) is 0.854. The Kier molecular flexibility index (Phi) is 6.46. The Balaban J connectivity index is 1.18. The van der Waals surface area contributed by atoms with Crippen molar-refractivity contribution >= 4 is 17.8 Å². The van der Waals surface area contributed by atoms with E-state index in [1.54, 1.807) is 7.11 Å². The van der Waals surface area contributed by atoms with E-state index in [9.17, 15) is 14.4 Å². The molecule has 1 saturated carbocycles. The number of benzene rings is 1. The molecule has 2 saturated heterocycles. The summed E-state index contributed by atoms with van der Waals surface area (Å²) < 4.78 is 5.20. The zero-order chi connectivity index (χ0) is 21.8. The number of hydrogen-bond acceptors (Lipinski definition) is 5. The Morgan fingerprint density at radius 1 is 1.06 bits per heavy atom. The van der Waals surface area contributed by atoms with E-state index < -0.39 is 5.54 Å². The molecule has 31 heavy (non-hydrogen) atoms. The summed E-state index contributed by atoms with van der Waals surface area (Å²) in [6.07, 6.45) is 4.29. The van der Waals surface area contributed by atoms with Gasteiger partial charge in [-0.2, -0.15) is 0 Å². The molecular weight excluding hydrogens is 396 g/mol. The fourth-order valence-electron chi connectivity index (χ4n) is 4.89. The van der Waals surface area contributed by atoms with Crippen LogP contribution in [0.25, 0.3) is 0 Å². The van der Waals surface area contributed by atoms with Crippen LogP contribution < -0.4 is 10.1 Å². The molecule has 168 valence electrons. The van der Waals surface area contributed by atoms with Crippen LogP contribution in [0.3, 0.4) is 0 Å². The predicted molar refractivity (Wildman–Crippen MR) is 116 cm³/mol. The van der Waals surface area contributed by atoms with Crippen LogP contribution in [0, 0.1) is 0 Å². The molecule has 1 aromatic rings. The average molecular weight is 429 g/mol. The summed E-state index contributed by atoms with van der Waals surface area (Å²) in [6, 6.07) is 7.78. The predicted octanol–water partition coefficient (Wildman–Crippen LogP) is 1.98. The van der Waals surface area contributed by atoms with Crippen molar-refractivity contribution in [1.29, 1.82) is 0 Å². The Hall–Kier alpha value is -2.61. The van der Waals surface area contributed by atoms with Gasteiger partial charge in [-0.15, -0.1) is 0 Å². The molecular formula is C23H32N4O4. The number of hydrogen-bond donors (Lipinski definition) is 1. The van der Waals surface area contributed by atoms with Gasteiger partial charge in [0.1, 0.15) is 11.3 Å². The second-order valence-corrected chi connectivity index (χ2v) is 8.78. The molecule has 4 amide bonds. The molecule has 1 aliphatic carbocycles. The normalized spacial score (nSPS) is 21.1. The number of carbonyl (C=O) groups is 3. The number of amides is 4. The summed E-state index contributed by atoms with van der Waals surface area (Å²) in [4.78, 5) is 43.1. The van der Waals surface area contributed by atoms with Crippen molar-refractivity contribution in [2.75, 3.05) is 39.8 Å². The number of urea groups is 1. The topological polar surface area (TPSA) is 82.2 Å². The van der Waals surface area contributed by atoms with Gasteiger partial charge in [0.05, 0.1) is 7.11 Å². The van der Waals surface area contributed by atoms with Crippen molar-refractivity contribution in [3.63, 3.8) is 0 Å². The third kappa shape index (κ3) is 4.69. The lowest BCUT2D eigenvalue weighted by Gasteiger charge is -2.35. The van der Waals surface area contributed by atoms with Crippen LogP contribution >= 0.6 is 0 Å². The van der Waals surface area contributed by atoms with Crippen molar-refractivity contribution in [1.82, 2.24) is 20.0 Å².